The third kappa shape index (κ3) is 3.94. The Labute approximate surface area is 153 Å². The largest absolute Gasteiger partial charge is 0.495 e. The summed E-state index contributed by atoms with van der Waals surface area (Å²) in [6.45, 7) is 0. The van der Waals surface area contributed by atoms with E-state index >= 15 is 0 Å². The number of anilines is 1. The van der Waals surface area contributed by atoms with Crippen LogP contribution in [0.3, 0.4) is 0 Å². The van der Waals surface area contributed by atoms with Crippen molar-refractivity contribution in [3.8, 4) is 17.1 Å². The van der Waals surface area contributed by atoms with Gasteiger partial charge in [-0.3, -0.25) is 9.71 Å². The zero-order valence-corrected chi connectivity index (χ0v) is 15.5. The summed E-state index contributed by atoms with van der Waals surface area (Å²) in [4.78, 5) is 12.3. The Bertz CT molecular complexity index is 997. The molecule has 2 aromatic heterocycles. The number of sulfonamides is 1. The lowest BCUT2D eigenvalue weighted by atomic mass is 10.2. The van der Waals surface area contributed by atoms with Crippen LogP contribution in [0.1, 0.15) is 0 Å². The molecule has 0 unspecified atom stereocenters. The summed E-state index contributed by atoms with van der Waals surface area (Å²) < 4.78 is 33.7. The molecule has 3 rings (SSSR count). The number of pyridine rings is 1. The standard InChI is InChI=1S/C16H13BrN4O3S/c1-24-14-4-3-12(17)8-15(14)25(22,23)21-13-7-11(9-18-10-13)16-19-5-2-6-20-16/h2-10,21H,1H3. The van der Waals surface area contributed by atoms with E-state index in [4.69, 9.17) is 4.74 Å². The highest BCUT2D eigenvalue weighted by Gasteiger charge is 2.20. The second kappa shape index (κ2) is 7.16. The van der Waals surface area contributed by atoms with Crippen molar-refractivity contribution < 1.29 is 13.2 Å². The van der Waals surface area contributed by atoms with Crippen molar-refractivity contribution in [3.05, 3.63) is 59.6 Å². The van der Waals surface area contributed by atoms with E-state index in [-0.39, 0.29) is 10.6 Å². The average molecular weight is 421 g/mol. The maximum atomic E-state index is 12.7. The van der Waals surface area contributed by atoms with Gasteiger partial charge >= 0.3 is 0 Å². The van der Waals surface area contributed by atoms with Gasteiger partial charge in [0.25, 0.3) is 10.0 Å². The fourth-order valence-corrected chi connectivity index (χ4v) is 3.88. The lowest BCUT2D eigenvalue weighted by Crippen LogP contribution is -2.14. The normalized spacial score (nSPS) is 11.1. The molecular formula is C16H13BrN4O3S. The van der Waals surface area contributed by atoms with Crippen molar-refractivity contribution in [3.63, 3.8) is 0 Å². The summed E-state index contributed by atoms with van der Waals surface area (Å²) >= 11 is 3.27. The maximum absolute atomic E-state index is 12.7. The molecule has 1 N–H and O–H groups in total. The molecule has 25 heavy (non-hydrogen) atoms. The Kier molecular flexibility index (Phi) is 4.95. The second-order valence-corrected chi connectivity index (χ2v) is 7.50. The van der Waals surface area contributed by atoms with Gasteiger partial charge in [0, 0.05) is 28.6 Å². The molecule has 0 atom stereocenters. The van der Waals surface area contributed by atoms with Crippen molar-refractivity contribution in [2.45, 2.75) is 4.90 Å². The summed E-state index contributed by atoms with van der Waals surface area (Å²) in [7, 11) is -2.45. The number of halogens is 1. The van der Waals surface area contributed by atoms with Crippen LogP contribution in [0.25, 0.3) is 11.4 Å². The van der Waals surface area contributed by atoms with Crippen molar-refractivity contribution >= 4 is 31.6 Å². The van der Waals surface area contributed by atoms with Gasteiger partial charge in [-0.2, -0.15) is 0 Å². The SMILES string of the molecule is COc1ccc(Br)cc1S(=O)(=O)Nc1cncc(-c2ncccn2)c1. The lowest BCUT2D eigenvalue weighted by Gasteiger charge is -2.12. The molecule has 3 aromatic rings. The van der Waals surface area contributed by atoms with Crippen LogP contribution in [0.4, 0.5) is 5.69 Å². The Morgan fingerprint density at radius 2 is 1.88 bits per heavy atom. The average Bonchev–Trinajstić information content (AvgIpc) is 2.62. The molecule has 0 saturated carbocycles. The minimum Gasteiger partial charge on any atom is -0.495 e. The number of nitrogens with zero attached hydrogens (tertiary/aromatic N) is 3. The van der Waals surface area contributed by atoms with Crippen molar-refractivity contribution in [1.82, 2.24) is 15.0 Å². The first-order valence-corrected chi connectivity index (χ1v) is 9.36. The zero-order chi connectivity index (χ0) is 17.9. The van der Waals surface area contributed by atoms with Gasteiger partial charge in [0.15, 0.2) is 5.82 Å². The van der Waals surface area contributed by atoms with E-state index in [2.05, 4.69) is 35.6 Å². The van der Waals surface area contributed by atoms with Gasteiger partial charge in [0.05, 0.1) is 19.0 Å². The summed E-state index contributed by atoms with van der Waals surface area (Å²) in [5, 5.41) is 0. The van der Waals surface area contributed by atoms with E-state index in [0.29, 0.717) is 21.5 Å². The van der Waals surface area contributed by atoms with Gasteiger partial charge in [0.1, 0.15) is 10.6 Å². The fraction of sp³-hybridized carbons (Fsp3) is 0.0625. The van der Waals surface area contributed by atoms with Gasteiger partial charge in [0.2, 0.25) is 0 Å². The van der Waals surface area contributed by atoms with Crippen LogP contribution in [0.2, 0.25) is 0 Å². The first kappa shape index (κ1) is 17.3. The van der Waals surface area contributed by atoms with Gasteiger partial charge in [-0.1, -0.05) is 15.9 Å². The highest BCUT2D eigenvalue weighted by atomic mass is 79.9. The first-order chi connectivity index (χ1) is 12.0. The molecule has 0 radical (unpaired) electrons. The summed E-state index contributed by atoms with van der Waals surface area (Å²) in [6.07, 6.45) is 6.18. The van der Waals surface area contributed by atoms with E-state index in [0.717, 1.165) is 0 Å². The maximum Gasteiger partial charge on any atom is 0.265 e. The van der Waals surface area contributed by atoms with Crippen LogP contribution >= 0.6 is 15.9 Å². The number of methoxy groups -OCH3 is 1. The molecule has 2 heterocycles. The molecule has 0 aliphatic carbocycles. The van der Waals surface area contributed by atoms with Gasteiger partial charge < -0.3 is 4.74 Å². The van der Waals surface area contributed by atoms with E-state index in [1.54, 1.807) is 42.9 Å². The minimum absolute atomic E-state index is 0.0192. The fourth-order valence-electron chi connectivity index (χ4n) is 2.14. The van der Waals surface area contributed by atoms with Gasteiger partial charge in [-0.15, -0.1) is 0 Å². The van der Waals surface area contributed by atoms with Crippen molar-refractivity contribution in [2.75, 3.05) is 11.8 Å². The molecule has 0 amide bonds. The molecule has 0 aliphatic heterocycles. The quantitative estimate of drug-likeness (QED) is 0.681. The van der Waals surface area contributed by atoms with Crippen LogP contribution in [0.15, 0.2) is 64.5 Å². The Balaban J connectivity index is 1.96. The molecule has 9 heteroatoms. The van der Waals surface area contributed by atoms with Crippen molar-refractivity contribution in [2.24, 2.45) is 0 Å². The van der Waals surface area contributed by atoms with Crippen LogP contribution < -0.4 is 9.46 Å². The third-order valence-electron chi connectivity index (χ3n) is 3.23. The van der Waals surface area contributed by atoms with Crippen LogP contribution in [0, 0.1) is 0 Å². The molecule has 7 nitrogen and oxygen atoms in total. The molecule has 1 aromatic carbocycles. The van der Waals surface area contributed by atoms with Crippen LogP contribution in [-0.2, 0) is 10.0 Å². The number of ether oxygens (including phenoxy) is 1. The van der Waals surface area contributed by atoms with Crippen LogP contribution in [-0.4, -0.2) is 30.5 Å². The Hall–Kier alpha value is -2.52. The summed E-state index contributed by atoms with van der Waals surface area (Å²) in [5.41, 5.74) is 0.897. The predicted octanol–water partition coefficient (Wildman–Crippen LogP) is 3.11. The molecule has 0 spiro atoms. The molecule has 0 saturated heterocycles. The van der Waals surface area contributed by atoms with E-state index in [9.17, 15) is 8.42 Å². The van der Waals surface area contributed by atoms with Crippen LogP contribution in [0.5, 0.6) is 5.75 Å². The molecule has 0 bridgehead atoms. The Morgan fingerprint density at radius 1 is 1.12 bits per heavy atom. The molecule has 0 fully saturated rings. The second-order valence-electron chi connectivity index (χ2n) is 4.94. The molecular weight excluding hydrogens is 408 g/mol. The highest BCUT2D eigenvalue weighted by Crippen LogP contribution is 2.29. The number of aromatic nitrogens is 3. The number of hydrogen-bond acceptors (Lipinski definition) is 6. The molecule has 128 valence electrons. The van der Waals surface area contributed by atoms with Gasteiger partial charge in [-0.05, 0) is 30.3 Å². The summed E-state index contributed by atoms with van der Waals surface area (Å²) in [6, 6.07) is 8.06. The minimum atomic E-state index is -3.86. The number of rotatable bonds is 5. The highest BCUT2D eigenvalue weighted by molar-refractivity contribution is 9.10. The number of benzene rings is 1. The first-order valence-electron chi connectivity index (χ1n) is 7.08. The zero-order valence-electron chi connectivity index (χ0n) is 13.0. The number of hydrogen-bond donors (Lipinski definition) is 1. The number of nitrogens with one attached hydrogen (secondary N) is 1. The monoisotopic (exact) mass is 420 g/mol. The predicted molar refractivity (Wildman–Crippen MR) is 96.8 cm³/mol. The summed E-state index contributed by atoms with van der Waals surface area (Å²) in [5.74, 6) is 0.697. The third-order valence-corrected chi connectivity index (χ3v) is 5.13. The topological polar surface area (TPSA) is 94.1 Å². The Morgan fingerprint density at radius 3 is 2.60 bits per heavy atom. The lowest BCUT2D eigenvalue weighted by molar-refractivity contribution is 0.403. The van der Waals surface area contributed by atoms with E-state index in [1.165, 1.54) is 19.4 Å². The smallest absolute Gasteiger partial charge is 0.265 e. The molecule has 0 aliphatic rings. The van der Waals surface area contributed by atoms with E-state index < -0.39 is 10.0 Å². The van der Waals surface area contributed by atoms with Crippen molar-refractivity contribution in [1.29, 1.82) is 0 Å². The van der Waals surface area contributed by atoms with Gasteiger partial charge in [-0.25, -0.2) is 18.4 Å². The van der Waals surface area contributed by atoms with E-state index in [1.807, 2.05) is 0 Å².